The fourth-order valence-electron chi connectivity index (χ4n) is 2.41. The van der Waals surface area contributed by atoms with E-state index in [0.717, 1.165) is 0 Å². The van der Waals surface area contributed by atoms with Crippen molar-refractivity contribution >= 4 is 39.6 Å². The largest absolute Gasteiger partial charge is 0.0733 e. The molecule has 95 valence electrons. The number of hydrogen-bond donors (Lipinski definition) is 0. The summed E-state index contributed by atoms with van der Waals surface area (Å²) in [4.78, 5) is 0. The van der Waals surface area contributed by atoms with Gasteiger partial charge in [0.15, 0.2) is 0 Å². The molecule has 0 aromatic heterocycles. The second-order valence-electron chi connectivity index (χ2n) is 7.88. The minimum absolute atomic E-state index is 0.940. The van der Waals surface area contributed by atoms with Gasteiger partial charge in [-0.15, -0.1) is 0 Å². The van der Waals surface area contributed by atoms with Crippen LogP contribution < -0.4 is 0 Å². The van der Waals surface area contributed by atoms with Crippen molar-refractivity contribution in [2.45, 2.75) is 71.0 Å². The van der Waals surface area contributed by atoms with Crippen LogP contribution in [0.3, 0.4) is 0 Å². The lowest BCUT2D eigenvalue weighted by Gasteiger charge is -2.54. The van der Waals surface area contributed by atoms with Gasteiger partial charge < -0.3 is 0 Å². The molecule has 0 unspecified atom stereocenters. The fraction of sp³-hybridized carbons (Fsp3) is 1.00. The van der Waals surface area contributed by atoms with Crippen LogP contribution in [-0.4, -0.2) is 39.6 Å². The monoisotopic (exact) mass is 303 g/mol. The summed E-state index contributed by atoms with van der Waals surface area (Å²) in [5, 5.41) is 0. The molecule has 0 nitrogen and oxygen atoms in total. The highest BCUT2D eigenvalue weighted by atomic mass is 29.8. The van der Waals surface area contributed by atoms with Gasteiger partial charge in [0, 0.05) is 39.6 Å². The smallest absolute Gasteiger partial charge is 0.0381 e. The summed E-state index contributed by atoms with van der Waals surface area (Å²) in [6, 6.07) is 2.69. The summed E-state index contributed by atoms with van der Waals surface area (Å²) < 4.78 is 0. The van der Waals surface area contributed by atoms with Crippen LogP contribution in [0.15, 0.2) is 0 Å². The Hall–Kier alpha value is 1.08. The highest BCUT2D eigenvalue weighted by Gasteiger charge is 2.56. The third-order valence-electron chi connectivity index (χ3n) is 5.88. The molecule has 0 atom stereocenters. The maximum Gasteiger partial charge on any atom is 0.0381 e. The first-order chi connectivity index (χ1) is 6.81. The van der Waals surface area contributed by atoms with Gasteiger partial charge in [0.05, 0.1) is 0 Å². The van der Waals surface area contributed by atoms with Crippen molar-refractivity contribution in [3.05, 3.63) is 0 Å². The lowest BCUT2D eigenvalue weighted by Crippen LogP contribution is -2.78. The first-order valence-electron chi connectivity index (χ1n) is 6.46. The van der Waals surface area contributed by atoms with E-state index in [9.17, 15) is 0 Å². The van der Waals surface area contributed by atoms with Crippen LogP contribution in [0.25, 0.3) is 0 Å². The molecule has 3 radical (unpaired) electrons. The minimum atomic E-state index is -1.01. The third-order valence-corrected chi connectivity index (χ3v) is 76.3. The van der Waals surface area contributed by atoms with Crippen LogP contribution in [0.4, 0.5) is 0 Å². The fourth-order valence-corrected chi connectivity index (χ4v) is 75.3. The summed E-state index contributed by atoms with van der Waals surface area (Å²) in [7, 11) is -0.196. The molecule has 0 saturated carbocycles. The highest BCUT2D eigenvalue weighted by molar-refractivity contribution is 7.83. The molecule has 0 aliphatic heterocycles. The molecule has 0 aliphatic carbocycles. The van der Waals surface area contributed by atoms with Crippen LogP contribution in [-0.2, 0) is 0 Å². The zero-order chi connectivity index (χ0) is 13.4. The predicted molar refractivity (Wildman–Crippen MR) is 91.2 cm³/mol. The molecular weight excluding hydrogens is 273 g/mol. The summed E-state index contributed by atoms with van der Waals surface area (Å²) in [6.45, 7) is 24.1. The molecule has 0 aromatic carbocycles. The van der Waals surface area contributed by atoms with E-state index in [4.69, 9.17) is 0 Å². The van der Waals surface area contributed by atoms with Gasteiger partial charge in [-0.05, 0) is 0 Å². The Bertz CT molecular complexity index is 237. The van der Waals surface area contributed by atoms with Crippen molar-refractivity contribution in [3.8, 4) is 0 Å². The van der Waals surface area contributed by atoms with Crippen LogP contribution in [0, 0.1) is 0 Å². The molecule has 0 aromatic rings. The molecule has 16 heavy (non-hydrogen) atoms. The van der Waals surface area contributed by atoms with Gasteiger partial charge in [0.1, 0.15) is 0 Å². The Morgan fingerprint density at radius 2 is 1.06 bits per heavy atom. The van der Waals surface area contributed by atoms with Gasteiger partial charge in [-0.2, -0.15) is 0 Å². The number of hydrogen-bond acceptors (Lipinski definition) is 0. The summed E-state index contributed by atoms with van der Waals surface area (Å²) in [5.41, 5.74) is 0. The van der Waals surface area contributed by atoms with Crippen LogP contribution in [0.5, 0.6) is 0 Å². The summed E-state index contributed by atoms with van der Waals surface area (Å²) in [5.74, 6) is 0. The third kappa shape index (κ3) is 2.91. The van der Waals surface area contributed by atoms with Crippen LogP contribution >= 0.6 is 0 Å². The summed E-state index contributed by atoms with van der Waals surface area (Å²) in [6.07, 6.45) is 0. The van der Waals surface area contributed by atoms with Crippen LogP contribution in [0.1, 0.15) is 0 Å². The Morgan fingerprint density at radius 3 is 1.31 bits per heavy atom. The topological polar surface area (TPSA) is 0 Å². The van der Waals surface area contributed by atoms with E-state index < -0.39 is 29.4 Å². The number of rotatable bonds is 5. The van der Waals surface area contributed by atoms with Gasteiger partial charge in [-0.1, -0.05) is 71.0 Å². The molecule has 0 bridgehead atoms. The molecule has 0 saturated heterocycles. The maximum atomic E-state index is 3.73. The molecule has 0 fully saturated rings. The van der Waals surface area contributed by atoms with Crippen molar-refractivity contribution in [2.24, 2.45) is 0 Å². The van der Waals surface area contributed by atoms with Crippen molar-refractivity contribution in [3.63, 3.8) is 0 Å². The molecule has 0 N–H and O–H groups in total. The van der Waals surface area contributed by atoms with E-state index in [1.165, 1.54) is 12.1 Å². The molecule has 0 amide bonds. The lowest BCUT2D eigenvalue weighted by atomic mass is 10.9. The summed E-state index contributed by atoms with van der Waals surface area (Å²) >= 11 is 0. The average Bonchev–Trinajstić information content (AvgIpc) is 2.01. The quantitative estimate of drug-likeness (QED) is 0.665. The van der Waals surface area contributed by atoms with Crippen LogP contribution in [0.2, 0.25) is 71.0 Å². The van der Waals surface area contributed by atoms with Gasteiger partial charge >= 0.3 is 0 Å². The Kier molecular flexibility index (Phi) is 5.33. The minimum Gasteiger partial charge on any atom is -0.0733 e. The SMILES string of the molecule is C[Si](C)(C)[Si](C)(C)[Si](C)(C)[Si](C)(C)CC[Si]. The molecule has 0 rings (SSSR count). The average molecular weight is 304 g/mol. The zero-order valence-electron chi connectivity index (χ0n) is 12.9. The Labute approximate surface area is 110 Å². The van der Waals surface area contributed by atoms with E-state index in [1.807, 2.05) is 0 Å². The van der Waals surface area contributed by atoms with Crippen molar-refractivity contribution in [2.75, 3.05) is 0 Å². The first-order valence-corrected chi connectivity index (χ1v) is 22.9. The Morgan fingerprint density at radius 1 is 0.688 bits per heavy atom. The Balaban J connectivity index is 5.34. The lowest BCUT2D eigenvalue weighted by molar-refractivity contribution is 1.37. The van der Waals surface area contributed by atoms with Gasteiger partial charge in [-0.3, -0.25) is 0 Å². The molecule has 0 heterocycles. The predicted octanol–water partition coefficient (Wildman–Crippen LogP) is 4.27. The molecule has 0 spiro atoms. The maximum absolute atomic E-state index is 3.73. The standard InChI is InChI=1S/C11H31Si5/c1-13(2,3)15(6,7)16(8,9)14(4,5)11-10-12/h10-11H2,1-9H3. The van der Waals surface area contributed by atoms with E-state index in [2.05, 4.69) is 69.2 Å². The second kappa shape index (κ2) is 4.99. The molecule has 0 aliphatic rings. The van der Waals surface area contributed by atoms with Crippen molar-refractivity contribution < 1.29 is 0 Å². The first kappa shape index (κ1) is 17.1. The molecule has 5 heteroatoms. The zero-order valence-corrected chi connectivity index (χ0v) is 17.9. The highest BCUT2D eigenvalue weighted by Crippen LogP contribution is 2.37. The molecular formula is C11H31Si5. The van der Waals surface area contributed by atoms with Gasteiger partial charge in [0.25, 0.3) is 0 Å². The van der Waals surface area contributed by atoms with E-state index in [0.29, 0.717) is 0 Å². The normalized spacial score (nSPS) is 15.4. The van der Waals surface area contributed by atoms with Crippen molar-refractivity contribution in [1.29, 1.82) is 0 Å². The van der Waals surface area contributed by atoms with Gasteiger partial charge in [-0.25, -0.2) is 0 Å². The van der Waals surface area contributed by atoms with Gasteiger partial charge in [0.2, 0.25) is 0 Å². The van der Waals surface area contributed by atoms with Crippen molar-refractivity contribution in [1.82, 2.24) is 0 Å². The van der Waals surface area contributed by atoms with E-state index >= 15 is 0 Å². The van der Waals surface area contributed by atoms with E-state index in [-0.39, 0.29) is 0 Å². The van der Waals surface area contributed by atoms with E-state index in [1.54, 1.807) is 0 Å². The second-order valence-corrected chi connectivity index (χ2v) is 50.2.